The summed E-state index contributed by atoms with van der Waals surface area (Å²) in [5.41, 5.74) is 6.59. The van der Waals surface area contributed by atoms with Gasteiger partial charge < -0.3 is 14.6 Å². The van der Waals surface area contributed by atoms with Crippen LogP contribution in [0.3, 0.4) is 0 Å². The summed E-state index contributed by atoms with van der Waals surface area (Å²) in [4.78, 5) is 17.2. The summed E-state index contributed by atoms with van der Waals surface area (Å²) in [7, 11) is 0. The molecule has 0 fully saturated rings. The average molecular weight is 414 g/mol. The lowest BCUT2D eigenvalue weighted by molar-refractivity contribution is -0.123. The van der Waals surface area contributed by atoms with Crippen LogP contribution in [0.15, 0.2) is 66.7 Å². The maximum absolute atomic E-state index is 12.4. The zero-order valence-corrected chi connectivity index (χ0v) is 18.2. The number of rotatable bonds is 7. The SMILES string of the molecule is Cc1ccc(Cn2c(CNC(=O)COc3cccc(C)c3C)nc3ccccc32)cc1. The molecule has 0 unspecified atom stereocenters. The van der Waals surface area contributed by atoms with E-state index in [1.165, 1.54) is 11.1 Å². The standard InChI is InChI=1S/C26H27N3O2/c1-18-11-13-21(14-12-18)16-29-23-9-5-4-8-22(23)28-25(29)15-27-26(30)17-31-24-10-6-7-19(2)20(24)3/h4-14H,15-17H2,1-3H3,(H,27,30). The second-order valence-corrected chi connectivity index (χ2v) is 7.85. The largest absolute Gasteiger partial charge is 0.483 e. The van der Waals surface area contributed by atoms with E-state index < -0.39 is 0 Å². The summed E-state index contributed by atoms with van der Waals surface area (Å²) in [5.74, 6) is 1.39. The van der Waals surface area contributed by atoms with E-state index in [4.69, 9.17) is 9.72 Å². The van der Waals surface area contributed by atoms with Crippen molar-refractivity contribution in [2.24, 2.45) is 0 Å². The second kappa shape index (κ2) is 9.04. The molecule has 0 aliphatic rings. The number of para-hydroxylation sites is 2. The molecule has 4 aromatic rings. The van der Waals surface area contributed by atoms with E-state index in [2.05, 4.69) is 47.1 Å². The van der Waals surface area contributed by atoms with Gasteiger partial charge in [-0.05, 0) is 55.7 Å². The number of carbonyl (C=O) groups excluding carboxylic acids is 1. The van der Waals surface area contributed by atoms with Gasteiger partial charge in [0.25, 0.3) is 5.91 Å². The first-order valence-corrected chi connectivity index (χ1v) is 10.5. The minimum absolute atomic E-state index is 0.0253. The van der Waals surface area contributed by atoms with Crippen LogP contribution in [0.25, 0.3) is 11.0 Å². The summed E-state index contributed by atoms with van der Waals surface area (Å²) < 4.78 is 7.88. The summed E-state index contributed by atoms with van der Waals surface area (Å²) >= 11 is 0. The highest BCUT2D eigenvalue weighted by Crippen LogP contribution is 2.21. The minimum Gasteiger partial charge on any atom is -0.483 e. The Kier molecular flexibility index (Phi) is 6.03. The van der Waals surface area contributed by atoms with Gasteiger partial charge in [-0.2, -0.15) is 0 Å². The van der Waals surface area contributed by atoms with Crippen LogP contribution in [0.5, 0.6) is 5.75 Å². The van der Waals surface area contributed by atoms with E-state index in [-0.39, 0.29) is 12.5 Å². The number of hydrogen-bond donors (Lipinski definition) is 1. The Bertz CT molecular complexity index is 1210. The van der Waals surface area contributed by atoms with Crippen LogP contribution < -0.4 is 10.1 Å². The van der Waals surface area contributed by atoms with E-state index in [9.17, 15) is 4.79 Å². The fourth-order valence-electron chi connectivity index (χ4n) is 3.57. The van der Waals surface area contributed by atoms with E-state index in [0.29, 0.717) is 13.1 Å². The molecule has 31 heavy (non-hydrogen) atoms. The van der Waals surface area contributed by atoms with Crippen molar-refractivity contribution < 1.29 is 9.53 Å². The normalized spacial score (nSPS) is 10.9. The first kappa shape index (κ1) is 20.7. The number of aromatic nitrogens is 2. The zero-order chi connectivity index (χ0) is 21.8. The first-order chi connectivity index (χ1) is 15.0. The van der Waals surface area contributed by atoms with Gasteiger partial charge in [-0.25, -0.2) is 4.98 Å². The van der Waals surface area contributed by atoms with Gasteiger partial charge >= 0.3 is 0 Å². The molecule has 1 heterocycles. The molecule has 0 saturated heterocycles. The number of imidazole rings is 1. The number of hydrogen-bond acceptors (Lipinski definition) is 3. The predicted octanol–water partition coefficient (Wildman–Crippen LogP) is 4.71. The maximum atomic E-state index is 12.4. The fraction of sp³-hybridized carbons (Fsp3) is 0.231. The number of fused-ring (bicyclic) bond motifs is 1. The molecule has 3 aromatic carbocycles. The third kappa shape index (κ3) is 4.77. The van der Waals surface area contributed by atoms with Crippen molar-refractivity contribution in [2.45, 2.75) is 33.9 Å². The van der Waals surface area contributed by atoms with Crippen molar-refractivity contribution in [1.29, 1.82) is 0 Å². The first-order valence-electron chi connectivity index (χ1n) is 10.5. The number of nitrogens with zero attached hydrogens (tertiary/aromatic N) is 2. The summed E-state index contributed by atoms with van der Waals surface area (Å²) in [6.07, 6.45) is 0. The third-order valence-corrected chi connectivity index (χ3v) is 5.55. The number of aryl methyl sites for hydroxylation is 2. The molecule has 0 spiro atoms. The van der Waals surface area contributed by atoms with Gasteiger partial charge in [-0.1, -0.05) is 54.1 Å². The molecule has 0 aliphatic carbocycles. The number of amides is 1. The number of nitrogens with one attached hydrogen (secondary N) is 1. The monoisotopic (exact) mass is 413 g/mol. The fourth-order valence-corrected chi connectivity index (χ4v) is 3.57. The second-order valence-electron chi connectivity index (χ2n) is 7.85. The van der Waals surface area contributed by atoms with Gasteiger partial charge in [0.2, 0.25) is 0 Å². The van der Waals surface area contributed by atoms with Gasteiger partial charge in [0, 0.05) is 6.54 Å². The molecule has 0 aliphatic heterocycles. The average Bonchev–Trinajstić information content (AvgIpc) is 3.12. The zero-order valence-electron chi connectivity index (χ0n) is 18.2. The molecule has 0 atom stereocenters. The Balaban J connectivity index is 1.47. The molecule has 1 N–H and O–H groups in total. The van der Waals surface area contributed by atoms with E-state index >= 15 is 0 Å². The Morgan fingerprint density at radius 2 is 1.74 bits per heavy atom. The molecular formula is C26H27N3O2. The van der Waals surface area contributed by atoms with Crippen LogP contribution in [0, 0.1) is 20.8 Å². The van der Waals surface area contributed by atoms with Gasteiger partial charge in [0.15, 0.2) is 6.61 Å². The molecule has 1 amide bonds. The molecule has 5 nitrogen and oxygen atoms in total. The van der Waals surface area contributed by atoms with Crippen molar-refractivity contribution in [3.63, 3.8) is 0 Å². The minimum atomic E-state index is -0.171. The van der Waals surface area contributed by atoms with Gasteiger partial charge in [-0.15, -0.1) is 0 Å². The van der Waals surface area contributed by atoms with Gasteiger partial charge in [0.05, 0.1) is 17.6 Å². The molecule has 0 saturated carbocycles. The molecule has 0 radical (unpaired) electrons. The number of ether oxygens (including phenoxy) is 1. The van der Waals surface area contributed by atoms with Crippen LogP contribution >= 0.6 is 0 Å². The van der Waals surface area contributed by atoms with Crippen molar-refractivity contribution in [2.75, 3.05) is 6.61 Å². The molecule has 0 bridgehead atoms. The van der Waals surface area contributed by atoms with Crippen molar-refractivity contribution >= 4 is 16.9 Å². The lowest BCUT2D eigenvalue weighted by atomic mass is 10.1. The predicted molar refractivity (Wildman–Crippen MR) is 123 cm³/mol. The molecule has 5 heteroatoms. The summed E-state index contributed by atoms with van der Waals surface area (Å²) in [6.45, 7) is 7.12. The van der Waals surface area contributed by atoms with Crippen LogP contribution in [0.4, 0.5) is 0 Å². The Hall–Kier alpha value is -3.60. The van der Waals surface area contributed by atoms with Crippen LogP contribution in [-0.4, -0.2) is 22.1 Å². The Labute approximate surface area is 182 Å². The smallest absolute Gasteiger partial charge is 0.258 e. The maximum Gasteiger partial charge on any atom is 0.258 e. The molecule has 4 rings (SSSR count). The lowest BCUT2D eigenvalue weighted by Gasteiger charge is -2.12. The van der Waals surface area contributed by atoms with Crippen molar-refractivity contribution in [3.8, 4) is 5.75 Å². The molecule has 1 aromatic heterocycles. The van der Waals surface area contributed by atoms with Crippen LogP contribution in [0.2, 0.25) is 0 Å². The number of benzene rings is 3. The topological polar surface area (TPSA) is 56.2 Å². The third-order valence-electron chi connectivity index (χ3n) is 5.55. The Morgan fingerprint density at radius 3 is 2.55 bits per heavy atom. The lowest BCUT2D eigenvalue weighted by Crippen LogP contribution is -2.29. The molecular weight excluding hydrogens is 386 g/mol. The van der Waals surface area contributed by atoms with E-state index in [1.807, 2.05) is 50.2 Å². The quantitative estimate of drug-likeness (QED) is 0.478. The summed E-state index contributed by atoms with van der Waals surface area (Å²) in [5, 5.41) is 2.95. The highest BCUT2D eigenvalue weighted by Gasteiger charge is 2.13. The van der Waals surface area contributed by atoms with E-state index in [1.54, 1.807) is 0 Å². The van der Waals surface area contributed by atoms with Crippen LogP contribution in [0.1, 0.15) is 28.1 Å². The van der Waals surface area contributed by atoms with Crippen molar-refractivity contribution in [3.05, 3.63) is 94.8 Å². The highest BCUT2D eigenvalue weighted by molar-refractivity contribution is 5.78. The molecule has 158 valence electrons. The van der Waals surface area contributed by atoms with Gasteiger partial charge in [0.1, 0.15) is 11.6 Å². The highest BCUT2D eigenvalue weighted by atomic mass is 16.5. The van der Waals surface area contributed by atoms with E-state index in [0.717, 1.165) is 33.7 Å². The van der Waals surface area contributed by atoms with Gasteiger partial charge in [-0.3, -0.25) is 4.79 Å². The summed E-state index contributed by atoms with van der Waals surface area (Å²) in [6, 6.07) is 22.4. The Morgan fingerprint density at radius 1 is 0.968 bits per heavy atom. The van der Waals surface area contributed by atoms with Crippen LogP contribution in [-0.2, 0) is 17.9 Å². The van der Waals surface area contributed by atoms with Crippen molar-refractivity contribution in [1.82, 2.24) is 14.9 Å². The number of carbonyl (C=O) groups is 1.